The van der Waals surface area contributed by atoms with Crippen molar-refractivity contribution in [3.8, 4) is 0 Å². The van der Waals surface area contributed by atoms with Gasteiger partial charge in [-0.05, 0) is 25.7 Å². The zero-order valence-electron chi connectivity index (χ0n) is 7.32. The van der Waals surface area contributed by atoms with E-state index in [2.05, 4.69) is 4.72 Å². The molecule has 1 saturated carbocycles. The molecule has 0 aromatic rings. The first-order valence-corrected chi connectivity index (χ1v) is 6.17. The zero-order valence-corrected chi connectivity index (χ0v) is 8.14. The van der Waals surface area contributed by atoms with Gasteiger partial charge >= 0.3 is 0 Å². The highest BCUT2D eigenvalue weighted by Crippen LogP contribution is 2.48. The lowest BCUT2D eigenvalue weighted by molar-refractivity contribution is -0.112. The monoisotopic (exact) mass is 203 g/mol. The Kier molecular flexibility index (Phi) is 1.96. The van der Waals surface area contributed by atoms with Crippen LogP contribution < -0.4 is 4.72 Å². The molecular formula is C8H13NO3S. The Balaban J connectivity index is 1.95. The van der Waals surface area contributed by atoms with Gasteiger partial charge in [0.1, 0.15) is 6.29 Å². The van der Waals surface area contributed by atoms with Gasteiger partial charge in [0, 0.05) is 11.5 Å². The highest BCUT2D eigenvalue weighted by atomic mass is 32.2. The average Bonchev–Trinajstić information content (AvgIpc) is 2.74. The van der Waals surface area contributed by atoms with Crippen molar-refractivity contribution in [3.63, 3.8) is 0 Å². The van der Waals surface area contributed by atoms with Crippen LogP contribution in [0.25, 0.3) is 0 Å². The molecule has 2 aliphatic rings. The second kappa shape index (κ2) is 2.78. The van der Waals surface area contributed by atoms with Crippen LogP contribution in [0, 0.1) is 5.41 Å². The van der Waals surface area contributed by atoms with E-state index in [9.17, 15) is 13.2 Å². The second-order valence-corrected chi connectivity index (χ2v) is 5.98. The SMILES string of the molecule is O=CC1(CC2CCS(=O)(=O)N2)CC1. The van der Waals surface area contributed by atoms with E-state index in [1.54, 1.807) is 0 Å². The average molecular weight is 203 g/mol. The van der Waals surface area contributed by atoms with Gasteiger partial charge < -0.3 is 4.79 Å². The van der Waals surface area contributed by atoms with E-state index in [-0.39, 0.29) is 17.2 Å². The molecule has 1 unspecified atom stereocenters. The Morgan fingerprint density at radius 3 is 2.54 bits per heavy atom. The highest BCUT2D eigenvalue weighted by Gasteiger charge is 2.45. The number of sulfonamides is 1. The van der Waals surface area contributed by atoms with Gasteiger partial charge in [0.05, 0.1) is 5.75 Å². The summed E-state index contributed by atoms with van der Waals surface area (Å²) in [5, 5.41) is 0. The van der Waals surface area contributed by atoms with Gasteiger partial charge in [0.25, 0.3) is 0 Å². The quantitative estimate of drug-likeness (QED) is 0.659. The van der Waals surface area contributed by atoms with Crippen LogP contribution in [0.15, 0.2) is 0 Å². The molecule has 1 aliphatic carbocycles. The van der Waals surface area contributed by atoms with Gasteiger partial charge in [-0.25, -0.2) is 13.1 Å². The van der Waals surface area contributed by atoms with Gasteiger partial charge in [-0.3, -0.25) is 0 Å². The summed E-state index contributed by atoms with van der Waals surface area (Å²) in [6.45, 7) is 0. The summed E-state index contributed by atoms with van der Waals surface area (Å²) in [5.74, 6) is 0.215. The predicted molar refractivity (Wildman–Crippen MR) is 47.7 cm³/mol. The van der Waals surface area contributed by atoms with E-state index in [1.165, 1.54) is 0 Å². The first-order valence-electron chi connectivity index (χ1n) is 4.52. The first-order chi connectivity index (χ1) is 6.05. The topological polar surface area (TPSA) is 63.2 Å². The smallest absolute Gasteiger partial charge is 0.211 e. The summed E-state index contributed by atoms with van der Waals surface area (Å²) in [5.41, 5.74) is -0.183. The highest BCUT2D eigenvalue weighted by molar-refractivity contribution is 7.89. The third-order valence-corrected chi connectivity index (χ3v) is 4.34. The molecule has 0 bridgehead atoms. The van der Waals surface area contributed by atoms with Crippen LogP contribution in [0.5, 0.6) is 0 Å². The molecule has 1 N–H and O–H groups in total. The lowest BCUT2D eigenvalue weighted by Gasteiger charge is -2.12. The molecule has 4 nitrogen and oxygen atoms in total. The van der Waals surface area contributed by atoms with E-state index in [1.807, 2.05) is 0 Å². The molecule has 1 heterocycles. The standard InChI is InChI=1S/C8H13NO3S/c10-6-8(2-3-8)5-7-1-4-13(11,12)9-7/h6-7,9H,1-5H2. The van der Waals surface area contributed by atoms with E-state index in [0.717, 1.165) is 19.1 Å². The molecule has 0 aromatic heterocycles. The minimum atomic E-state index is -3.01. The van der Waals surface area contributed by atoms with E-state index in [0.29, 0.717) is 12.8 Å². The molecule has 2 rings (SSSR count). The van der Waals surface area contributed by atoms with Crippen LogP contribution >= 0.6 is 0 Å². The minimum absolute atomic E-state index is 0.00213. The minimum Gasteiger partial charge on any atom is -0.303 e. The van der Waals surface area contributed by atoms with Gasteiger partial charge in [-0.2, -0.15) is 0 Å². The van der Waals surface area contributed by atoms with Crippen LogP contribution in [0.2, 0.25) is 0 Å². The Labute approximate surface area is 77.8 Å². The number of hydrogen-bond donors (Lipinski definition) is 1. The normalized spacial score (nSPS) is 34.3. The summed E-state index contributed by atoms with van der Waals surface area (Å²) >= 11 is 0. The number of carbonyl (C=O) groups excluding carboxylic acids is 1. The molecule has 0 amide bonds. The third kappa shape index (κ3) is 1.91. The molecule has 5 heteroatoms. The van der Waals surface area contributed by atoms with Crippen LogP contribution in [-0.4, -0.2) is 26.5 Å². The molecule has 13 heavy (non-hydrogen) atoms. The second-order valence-electron chi connectivity index (χ2n) is 4.11. The summed E-state index contributed by atoms with van der Waals surface area (Å²) in [6, 6.07) is -0.00213. The van der Waals surface area contributed by atoms with Gasteiger partial charge in [-0.15, -0.1) is 0 Å². The molecule has 1 saturated heterocycles. The third-order valence-electron chi connectivity index (χ3n) is 2.88. The summed E-state index contributed by atoms with van der Waals surface area (Å²) in [4.78, 5) is 10.7. The van der Waals surface area contributed by atoms with Crippen LogP contribution in [0.3, 0.4) is 0 Å². The molecule has 1 aliphatic heterocycles. The number of aldehydes is 1. The summed E-state index contributed by atoms with van der Waals surface area (Å²) < 4.78 is 24.6. The molecule has 2 fully saturated rings. The Hall–Kier alpha value is -0.420. The van der Waals surface area contributed by atoms with Crippen molar-refractivity contribution >= 4 is 16.3 Å². The number of carbonyl (C=O) groups is 1. The first kappa shape index (κ1) is 9.15. The van der Waals surface area contributed by atoms with E-state index < -0.39 is 10.0 Å². The van der Waals surface area contributed by atoms with E-state index >= 15 is 0 Å². The number of rotatable bonds is 3. The van der Waals surface area contributed by atoms with Gasteiger partial charge in [0.2, 0.25) is 10.0 Å². The maximum atomic E-state index is 11.0. The zero-order chi connectivity index (χ0) is 9.53. The Morgan fingerprint density at radius 2 is 2.15 bits per heavy atom. The molecule has 0 spiro atoms. The predicted octanol–water partition coefficient (Wildman–Crippen LogP) is 0.0473. The molecule has 74 valence electrons. The molecular weight excluding hydrogens is 190 g/mol. The Morgan fingerprint density at radius 1 is 1.46 bits per heavy atom. The maximum Gasteiger partial charge on any atom is 0.211 e. The Bertz CT molecular complexity index is 318. The summed E-state index contributed by atoms with van der Waals surface area (Å²) in [7, 11) is -3.01. The van der Waals surface area contributed by atoms with E-state index in [4.69, 9.17) is 0 Å². The molecule has 0 radical (unpaired) electrons. The van der Waals surface area contributed by atoms with Crippen LogP contribution in [0.4, 0.5) is 0 Å². The van der Waals surface area contributed by atoms with Gasteiger partial charge in [0.15, 0.2) is 0 Å². The summed E-state index contributed by atoms with van der Waals surface area (Å²) in [6.07, 6.45) is 4.18. The molecule has 1 atom stereocenters. The van der Waals surface area contributed by atoms with Gasteiger partial charge in [-0.1, -0.05) is 0 Å². The van der Waals surface area contributed by atoms with Crippen molar-refractivity contribution in [2.24, 2.45) is 5.41 Å². The number of hydrogen-bond acceptors (Lipinski definition) is 3. The van der Waals surface area contributed by atoms with Crippen molar-refractivity contribution in [2.45, 2.75) is 31.7 Å². The van der Waals surface area contributed by atoms with Crippen molar-refractivity contribution in [1.82, 2.24) is 4.72 Å². The fourth-order valence-corrected chi connectivity index (χ4v) is 3.26. The van der Waals surface area contributed by atoms with Crippen molar-refractivity contribution < 1.29 is 13.2 Å². The lowest BCUT2D eigenvalue weighted by Crippen LogP contribution is -2.28. The van der Waals surface area contributed by atoms with Crippen molar-refractivity contribution in [3.05, 3.63) is 0 Å². The van der Waals surface area contributed by atoms with Crippen molar-refractivity contribution in [2.75, 3.05) is 5.75 Å². The van der Waals surface area contributed by atoms with Crippen LogP contribution in [0.1, 0.15) is 25.7 Å². The van der Waals surface area contributed by atoms with Crippen LogP contribution in [-0.2, 0) is 14.8 Å². The molecule has 0 aromatic carbocycles. The van der Waals surface area contributed by atoms with Crippen molar-refractivity contribution in [1.29, 1.82) is 0 Å². The fraction of sp³-hybridized carbons (Fsp3) is 0.875. The lowest BCUT2D eigenvalue weighted by atomic mass is 9.98. The number of nitrogens with one attached hydrogen (secondary N) is 1. The fourth-order valence-electron chi connectivity index (χ4n) is 1.83. The maximum absolute atomic E-state index is 11.0. The largest absolute Gasteiger partial charge is 0.303 e.